The van der Waals surface area contributed by atoms with Gasteiger partial charge in [0, 0.05) is 26.1 Å². The van der Waals surface area contributed by atoms with E-state index in [2.05, 4.69) is 225 Å². The molecule has 4 N–H and O–H groups in total. The van der Waals surface area contributed by atoms with E-state index in [1.165, 1.54) is 55.6 Å². The summed E-state index contributed by atoms with van der Waals surface area (Å²) in [7, 11) is 0. The third-order valence-electron chi connectivity index (χ3n) is 21.6. The fraction of sp³-hybridized carbons (Fsp3) is 0.326. The largest absolute Gasteiger partial charge is 0.373 e. The molecule has 0 aromatic heterocycles. The predicted molar refractivity (Wildman–Crippen MR) is 474 cm³/mol. The Kier molecular flexibility index (Phi) is 26.6. The highest BCUT2D eigenvalue weighted by atomic mass is 16.5. The zero-order chi connectivity index (χ0) is 85.2. The molecule has 8 heterocycles. The molecule has 0 aliphatic carbocycles. The summed E-state index contributed by atoms with van der Waals surface area (Å²) >= 11 is 0. The fourth-order valence-corrected chi connectivity index (χ4v) is 15.4. The van der Waals surface area contributed by atoms with E-state index >= 15 is 0 Å². The Morgan fingerprint density at radius 2 is 0.708 bits per heavy atom. The third kappa shape index (κ3) is 20.2. The second-order valence-corrected chi connectivity index (χ2v) is 31.9. The van der Waals surface area contributed by atoms with Gasteiger partial charge in [0.25, 0.3) is 22.2 Å². The second kappa shape index (κ2) is 37.6. The summed E-state index contributed by atoms with van der Waals surface area (Å²) in [6.07, 6.45) is 9.65. The number of aromatic amines is 4. The molecule has 616 valence electrons. The first-order valence-electron chi connectivity index (χ1n) is 41.2. The number of aryl methyl sites for hydroxylation is 15. The normalized spacial score (nSPS) is 11.8. The summed E-state index contributed by atoms with van der Waals surface area (Å²) in [5.41, 5.74) is 19.4. The number of ether oxygens (including phenoxy) is 1. The Morgan fingerprint density at radius 1 is 0.342 bits per heavy atom. The van der Waals surface area contributed by atoms with Crippen molar-refractivity contribution in [3.63, 3.8) is 0 Å². The standard InChI is InChI=1S/C25H28N4O2.C24H26N4O3.2C23H24N4O2/c1-15(2)12-19-14-21-20(13-17(19)4)26-22-23(27-25(31)28-24(22)30)29(21)11-5-6-18-9-7-16(3)8-10-18;1-14(2)31-18(12-17-8-6-5-7-9-17)13-28-20-11-16(4)15(3)10-19(20)25-21-22(28)26-24(30)27-23(21)29;1-4-17-13-18-19(12-15(17)3)27(11-5-6-16-9-7-14(2)8-10-16)21-20(24-18)22(28)26-23(29)25-21;1-3-5-17-11-12-19-18(14-17)24-20-21(25-23(29)26-22(20)28)27(19)13-4-6-16-9-7-15(2)8-10-16/h7-10,13-15H,5-6,11-12H2,1-4H3,(H,28,30,31);5-11,14,18H,12-13H2,1-4H3,(H,27,29,30);7-10,12-13H,4-6,11H2,1-3H3,(H,26,28,29);7-12,14H,3-6,13H2,1-2H3,(H,26,28,29). The average molecular weight is 1610 g/mol. The molecule has 0 fully saturated rings. The molecule has 0 saturated carbocycles. The molecule has 8 aromatic carbocycles. The van der Waals surface area contributed by atoms with E-state index in [4.69, 9.17) is 4.74 Å². The van der Waals surface area contributed by atoms with Crippen LogP contribution in [-0.2, 0) is 75.9 Å². The Balaban J connectivity index is 0.000000138. The van der Waals surface area contributed by atoms with Crippen molar-refractivity contribution in [1.29, 1.82) is 0 Å². The summed E-state index contributed by atoms with van der Waals surface area (Å²) in [5.74, 6) is 1.84. The lowest BCUT2D eigenvalue weighted by Crippen LogP contribution is -2.32. The molecule has 1 atom stereocenters. The maximum absolute atomic E-state index is 12.5. The number of hydrogen-bond donors (Lipinski definition) is 4. The van der Waals surface area contributed by atoms with E-state index < -0.39 is 45.0 Å². The van der Waals surface area contributed by atoms with Crippen molar-refractivity contribution >= 4 is 44.1 Å². The molecule has 25 nitrogen and oxygen atoms in total. The Morgan fingerprint density at radius 3 is 1.13 bits per heavy atom. The van der Waals surface area contributed by atoms with Gasteiger partial charge in [-0.2, -0.15) is 19.9 Å². The molecule has 1 unspecified atom stereocenters. The molecule has 120 heavy (non-hydrogen) atoms. The summed E-state index contributed by atoms with van der Waals surface area (Å²) in [4.78, 5) is 141. The fourth-order valence-electron chi connectivity index (χ4n) is 15.4. The molecule has 0 amide bonds. The molecule has 8 aliphatic rings. The maximum atomic E-state index is 12.5. The van der Waals surface area contributed by atoms with Gasteiger partial charge in [-0.05, 0) is 236 Å². The SMILES string of the molecule is CCCc1ccc2c(c1)nc1c(=O)[nH]c(=O)nc-1n2CCCc1ccc(C)cc1.CCc1cc2nc3c(=O)[nH]c(=O)nc-3n(CCCc3ccc(C)cc3)c2cc1C.Cc1cc2nc3c(=O)[nH]c(=O)nc-3n(CC(Cc3ccccc3)OC(C)C)c2cc1C.Cc1ccc(CCCn2c3nc(=O)[nH]c(=O)c-3nc3cc(C)c(CC(C)C)cc32)cc1. The van der Waals surface area contributed by atoms with Gasteiger partial charge in [0.1, 0.15) is 0 Å². The molecule has 16 rings (SSSR count). The predicted octanol–water partition coefficient (Wildman–Crippen LogP) is 14.1. The molecule has 0 spiro atoms. The molecular formula is C95H102N16O9. The monoisotopic (exact) mass is 1610 g/mol. The molecule has 8 aromatic rings. The van der Waals surface area contributed by atoms with Crippen molar-refractivity contribution in [3.8, 4) is 46.1 Å². The van der Waals surface area contributed by atoms with E-state index in [-0.39, 0.29) is 40.8 Å². The number of nitrogens with one attached hydrogen (secondary N) is 4. The van der Waals surface area contributed by atoms with Crippen LogP contribution < -0.4 is 45.0 Å². The van der Waals surface area contributed by atoms with Crippen molar-refractivity contribution in [1.82, 2.24) is 78.1 Å². The van der Waals surface area contributed by atoms with E-state index in [9.17, 15) is 38.4 Å². The van der Waals surface area contributed by atoms with Crippen LogP contribution in [0.15, 0.2) is 196 Å². The van der Waals surface area contributed by atoms with Gasteiger partial charge in [0.2, 0.25) is 0 Å². The van der Waals surface area contributed by atoms with Gasteiger partial charge in [-0.15, -0.1) is 0 Å². The maximum Gasteiger partial charge on any atom is 0.349 e. The van der Waals surface area contributed by atoms with Crippen LogP contribution in [-0.4, -0.2) is 90.3 Å². The zero-order valence-corrected chi connectivity index (χ0v) is 70.4. The van der Waals surface area contributed by atoms with E-state index in [0.717, 1.165) is 125 Å². The van der Waals surface area contributed by atoms with Crippen molar-refractivity contribution in [2.75, 3.05) is 0 Å². The van der Waals surface area contributed by atoms with Crippen LogP contribution in [0.2, 0.25) is 0 Å². The lowest BCUT2D eigenvalue weighted by Gasteiger charge is -2.25. The van der Waals surface area contributed by atoms with Crippen molar-refractivity contribution in [2.24, 2.45) is 5.92 Å². The molecular weight excluding hydrogens is 1510 g/mol. The lowest BCUT2D eigenvalue weighted by atomic mass is 9.97. The highest BCUT2D eigenvalue weighted by Gasteiger charge is 2.26. The van der Waals surface area contributed by atoms with Crippen molar-refractivity contribution in [3.05, 3.63) is 319 Å². The van der Waals surface area contributed by atoms with Crippen molar-refractivity contribution in [2.45, 2.75) is 199 Å². The van der Waals surface area contributed by atoms with Crippen molar-refractivity contribution < 1.29 is 4.74 Å². The molecule has 0 bridgehead atoms. The van der Waals surface area contributed by atoms with Crippen LogP contribution in [0.3, 0.4) is 0 Å². The van der Waals surface area contributed by atoms with Gasteiger partial charge < -0.3 is 23.0 Å². The van der Waals surface area contributed by atoms with Gasteiger partial charge in [0.15, 0.2) is 46.1 Å². The van der Waals surface area contributed by atoms with E-state index in [1.54, 1.807) is 0 Å². The molecule has 0 saturated heterocycles. The Hall–Kier alpha value is -13.2. The average Bonchev–Trinajstić information content (AvgIpc) is 0.763. The van der Waals surface area contributed by atoms with Gasteiger partial charge >= 0.3 is 22.8 Å². The van der Waals surface area contributed by atoms with E-state index in [0.29, 0.717) is 61.5 Å². The summed E-state index contributed by atoms with van der Waals surface area (Å²) in [5, 5.41) is 0. The Labute approximate surface area is 693 Å². The van der Waals surface area contributed by atoms with Crippen LogP contribution in [0.4, 0.5) is 0 Å². The van der Waals surface area contributed by atoms with Crippen LogP contribution in [0.25, 0.3) is 90.2 Å². The number of hydrogen-bond acceptors (Lipinski definition) is 17. The van der Waals surface area contributed by atoms with Crippen LogP contribution in [0, 0.1) is 54.4 Å². The summed E-state index contributed by atoms with van der Waals surface area (Å²) in [6.45, 7) is 29.4. The molecule has 8 aliphatic heterocycles. The second-order valence-electron chi connectivity index (χ2n) is 31.9. The number of nitrogens with zero attached hydrogens (tertiary/aromatic N) is 12. The zero-order valence-electron chi connectivity index (χ0n) is 70.4. The quantitative estimate of drug-likeness (QED) is 0.0432. The minimum atomic E-state index is -0.680. The van der Waals surface area contributed by atoms with Gasteiger partial charge in [-0.3, -0.25) is 39.1 Å². The smallest absolute Gasteiger partial charge is 0.349 e. The van der Waals surface area contributed by atoms with Gasteiger partial charge in [-0.1, -0.05) is 160 Å². The lowest BCUT2D eigenvalue weighted by molar-refractivity contribution is -0.000465. The van der Waals surface area contributed by atoms with E-state index in [1.807, 2.05) is 101 Å². The van der Waals surface area contributed by atoms with Gasteiger partial charge in [-0.25, -0.2) is 39.1 Å². The number of H-pyrrole nitrogens is 4. The number of aromatic nitrogens is 16. The van der Waals surface area contributed by atoms with Crippen LogP contribution in [0.5, 0.6) is 0 Å². The Bertz CT molecular complexity index is 6760. The summed E-state index contributed by atoms with van der Waals surface area (Å²) < 4.78 is 14.1. The van der Waals surface area contributed by atoms with Crippen LogP contribution >= 0.6 is 0 Å². The minimum Gasteiger partial charge on any atom is -0.373 e. The highest BCUT2D eigenvalue weighted by molar-refractivity contribution is 5.84. The molecule has 25 heteroatoms. The third-order valence-corrected chi connectivity index (χ3v) is 21.6. The first-order chi connectivity index (χ1) is 57.6. The highest BCUT2D eigenvalue weighted by Crippen LogP contribution is 2.31. The first-order valence-corrected chi connectivity index (χ1v) is 41.2. The number of fused-ring (bicyclic) bond motifs is 8. The summed E-state index contributed by atoms with van der Waals surface area (Å²) in [6, 6.07) is 54.1. The number of rotatable bonds is 23. The van der Waals surface area contributed by atoms with Gasteiger partial charge in [0.05, 0.1) is 62.9 Å². The minimum absolute atomic E-state index is 0.0177. The molecule has 0 radical (unpaired) electrons. The number of benzene rings is 8. The topological polar surface area (TPSA) is 332 Å². The van der Waals surface area contributed by atoms with Crippen LogP contribution in [0.1, 0.15) is 145 Å². The first kappa shape index (κ1) is 84.7.